The van der Waals surface area contributed by atoms with Gasteiger partial charge in [-0.1, -0.05) is 19.3 Å². The number of nitrogens with one attached hydrogen (secondary N) is 2. The van der Waals surface area contributed by atoms with Crippen LogP contribution in [0.5, 0.6) is 11.5 Å². The highest BCUT2D eigenvalue weighted by atomic mass is 16.5. The number of ether oxygens (including phenoxy) is 3. The molecule has 1 aromatic rings. The summed E-state index contributed by atoms with van der Waals surface area (Å²) in [5, 5.41) is 4.85. The molecule has 0 bridgehead atoms. The van der Waals surface area contributed by atoms with Crippen molar-refractivity contribution in [2.75, 3.05) is 20.8 Å². The molecule has 1 aliphatic rings. The van der Waals surface area contributed by atoms with E-state index in [0.717, 1.165) is 32.1 Å². The summed E-state index contributed by atoms with van der Waals surface area (Å²) in [6.07, 6.45) is 5.44. The lowest BCUT2D eigenvalue weighted by Crippen LogP contribution is -2.46. The van der Waals surface area contributed by atoms with Crippen LogP contribution in [0.3, 0.4) is 0 Å². The summed E-state index contributed by atoms with van der Waals surface area (Å²) >= 11 is 0. The van der Waals surface area contributed by atoms with E-state index < -0.39 is 24.5 Å². The van der Waals surface area contributed by atoms with Crippen LogP contribution in [0.1, 0.15) is 52.8 Å². The summed E-state index contributed by atoms with van der Waals surface area (Å²) in [5.74, 6) is -1.47. The number of amides is 3. The van der Waals surface area contributed by atoms with Crippen molar-refractivity contribution >= 4 is 24.2 Å². The molecule has 1 fully saturated rings. The summed E-state index contributed by atoms with van der Waals surface area (Å²) in [6.45, 7) is -0.685. The molecule has 0 heterocycles. The standard InChI is InChI=1S/C19H24N2O7/c1-26-14-9-8-12(10-22)16(17(14)27-2)18(24)28-11-15(23)21-19(25)20-13-6-4-3-5-7-13/h8-10,13H,3-7,11H2,1-2H3,(H2,20,21,23,25). The van der Waals surface area contributed by atoms with Crippen LogP contribution in [0.25, 0.3) is 0 Å². The zero-order chi connectivity index (χ0) is 20.5. The zero-order valence-corrected chi connectivity index (χ0v) is 15.9. The normalized spacial score (nSPS) is 13.9. The van der Waals surface area contributed by atoms with Gasteiger partial charge in [0.2, 0.25) is 0 Å². The van der Waals surface area contributed by atoms with Gasteiger partial charge in [-0.05, 0) is 25.0 Å². The number of esters is 1. The summed E-state index contributed by atoms with van der Waals surface area (Å²) in [4.78, 5) is 47.4. The SMILES string of the molecule is COc1ccc(C=O)c(C(=O)OCC(=O)NC(=O)NC2CCCCC2)c1OC. The van der Waals surface area contributed by atoms with Crippen LogP contribution in [0.4, 0.5) is 4.79 Å². The third-order valence-corrected chi connectivity index (χ3v) is 4.44. The second kappa shape index (κ2) is 10.3. The lowest BCUT2D eigenvalue weighted by Gasteiger charge is -2.22. The minimum absolute atomic E-state index is 0.0209. The number of hydrogen-bond donors (Lipinski definition) is 2. The number of carbonyl (C=O) groups is 4. The Kier molecular flexibility index (Phi) is 7.79. The molecular weight excluding hydrogens is 368 g/mol. The minimum Gasteiger partial charge on any atom is -0.493 e. The van der Waals surface area contributed by atoms with E-state index in [-0.39, 0.29) is 28.7 Å². The van der Waals surface area contributed by atoms with E-state index in [2.05, 4.69) is 10.6 Å². The van der Waals surface area contributed by atoms with E-state index in [9.17, 15) is 19.2 Å². The van der Waals surface area contributed by atoms with Crippen LogP contribution in [-0.2, 0) is 9.53 Å². The quantitative estimate of drug-likeness (QED) is 0.536. The molecule has 9 nitrogen and oxygen atoms in total. The molecule has 0 saturated heterocycles. The Bertz CT molecular complexity index is 742. The van der Waals surface area contributed by atoms with Crippen molar-refractivity contribution in [1.82, 2.24) is 10.6 Å². The molecule has 28 heavy (non-hydrogen) atoms. The van der Waals surface area contributed by atoms with Gasteiger partial charge in [-0.25, -0.2) is 9.59 Å². The van der Waals surface area contributed by atoms with Gasteiger partial charge in [0.25, 0.3) is 5.91 Å². The van der Waals surface area contributed by atoms with Gasteiger partial charge in [-0.3, -0.25) is 14.9 Å². The molecule has 1 aliphatic carbocycles. The maximum Gasteiger partial charge on any atom is 0.343 e. The molecule has 9 heteroatoms. The smallest absolute Gasteiger partial charge is 0.343 e. The fourth-order valence-electron chi connectivity index (χ4n) is 3.09. The summed E-state index contributed by atoms with van der Waals surface area (Å²) in [6, 6.07) is 2.27. The first kappa shape index (κ1) is 21.2. The number of urea groups is 1. The highest BCUT2D eigenvalue weighted by Crippen LogP contribution is 2.33. The molecule has 2 rings (SSSR count). The number of aldehydes is 1. The number of rotatable bonds is 7. The average Bonchev–Trinajstić information content (AvgIpc) is 2.71. The predicted molar refractivity (Wildman–Crippen MR) is 98.8 cm³/mol. The molecule has 0 atom stereocenters. The van der Waals surface area contributed by atoms with Crippen molar-refractivity contribution in [3.8, 4) is 11.5 Å². The Hall–Kier alpha value is -3.10. The average molecular weight is 392 g/mol. The Morgan fingerprint density at radius 2 is 1.82 bits per heavy atom. The van der Waals surface area contributed by atoms with E-state index in [1.165, 1.54) is 26.4 Å². The second-order valence-electron chi connectivity index (χ2n) is 6.32. The van der Waals surface area contributed by atoms with E-state index in [1.54, 1.807) is 0 Å². The van der Waals surface area contributed by atoms with Crippen molar-refractivity contribution < 1.29 is 33.4 Å². The van der Waals surface area contributed by atoms with E-state index >= 15 is 0 Å². The fourth-order valence-corrected chi connectivity index (χ4v) is 3.09. The van der Waals surface area contributed by atoms with Gasteiger partial charge in [-0.2, -0.15) is 0 Å². The highest BCUT2D eigenvalue weighted by molar-refractivity contribution is 6.03. The predicted octanol–water partition coefficient (Wildman–Crippen LogP) is 1.83. The third-order valence-electron chi connectivity index (χ3n) is 4.44. The maximum atomic E-state index is 12.4. The first-order valence-corrected chi connectivity index (χ1v) is 8.97. The van der Waals surface area contributed by atoms with Crippen molar-refractivity contribution in [1.29, 1.82) is 0 Å². The Labute approximate surface area is 162 Å². The molecule has 1 saturated carbocycles. The van der Waals surface area contributed by atoms with Gasteiger partial charge in [0.05, 0.1) is 14.2 Å². The second-order valence-corrected chi connectivity index (χ2v) is 6.32. The van der Waals surface area contributed by atoms with E-state index in [1.807, 2.05) is 0 Å². The molecule has 0 aromatic heterocycles. The van der Waals surface area contributed by atoms with E-state index in [4.69, 9.17) is 14.2 Å². The van der Waals surface area contributed by atoms with Gasteiger partial charge in [-0.15, -0.1) is 0 Å². The number of methoxy groups -OCH3 is 2. The van der Waals surface area contributed by atoms with Gasteiger partial charge in [0.1, 0.15) is 5.56 Å². The summed E-state index contributed by atoms with van der Waals surface area (Å²) in [7, 11) is 2.69. The van der Waals surface area contributed by atoms with Gasteiger partial charge >= 0.3 is 12.0 Å². The highest BCUT2D eigenvalue weighted by Gasteiger charge is 2.24. The fraction of sp³-hybridized carbons (Fsp3) is 0.474. The number of carbonyl (C=O) groups excluding carboxylic acids is 4. The van der Waals surface area contributed by atoms with Gasteiger partial charge in [0, 0.05) is 11.6 Å². The minimum atomic E-state index is -0.944. The molecule has 3 amide bonds. The van der Waals surface area contributed by atoms with Crippen LogP contribution in [-0.4, -0.2) is 51.1 Å². The number of benzene rings is 1. The Morgan fingerprint density at radius 3 is 2.43 bits per heavy atom. The van der Waals surface area contributed by atoms with Crippen LogP contribution in [0, 0.1) is 0 Å². The molecule has 0 aliphatic heterocycles. The molecular formula is C19H24N2O7. The Morgan fingerprint density at radius 1 is 1.11 bits per heavy atom. The lowest BCUT2D eigenvalue weighted by atomic mass is 9.96. The van der Waals surface area contributed by atoms with Crippen LogP contribution >= 0.6 is 0 Å². The van der Waals surface area contributed by atoms with Gasteiger partial charge in [0.15, 0.2) is 24.4 Å². The van der Waals surface area contributed by atoms with Crippen LogP contribution < -0.4 is 20.1 Å². The summed E-state index contributed by atoms with van der Waals surface area (Å²) in [5.41, 5.74) is -0.130. The van der Waals surface area contributed by atoms with Crippen molar-refractivity contribution in [2.45, 2.75) is 38.1 Å². The first-order chi connectivity index (χ1) is 13.5. The Balaban J connectivity index is 1.95. The molecule has 0 spiro atoms. The maximum absolute atomic E-state index is 12.4. The molecule has 0 unspecified atom stereocenters. The zero-order valence-electron chi connectivity index (χ0n) is 15.9. The molecule has 1 aromatic carbocycles. The lowest BCUT2D eigenvalue weighted by molar-refractivity contribution is -0.123. The van der Waals surface area contributed by atoms with Gasteiger partial charge < -0.3 is 19.5 Å². The topological polar surface area (TPSA) is 120 Å². The van der Waals surface area contributed by atoms with E-state index in [0.29, 0.717) is 6.29 Å². The number of imide groups is 1. The van der Waals surface area contributed by atoms with Crippen LogP contribution in [0.15, 0.2) is 12.1 Å². The molecule has 152 valence electrons. The van der Waals surface area contributed by atoms with Crippen molar-refractivity contribution in [2.24, 2.45) is 0 Å². The third kappa shape index (κ3) is 5.45. The largest absolute Gasteiger partial charge is 0.493 e. The summed E-state index contributed by atoms with van der Waals surface area (Å²) < 4.78 is 15.2. The first-order valence-electron chi connectivity index (χ1n) is 8.97. The van der Waals surface area contributed by atoms with Crippen LogP contribution in [0.2, 0.25) is 0 Å². The van der Waals surface area contributed by atoms with Crippen molar-refractivity contribution in [3.63, 3.8) is 0 Å². The number of hydrogen-bond acceptors (Lipinski definition) is 7. The van der Waals surface area contributed by atoms with Crippen molar-refractivity contribution in [3.05, 3.63) is 23.3 Å². The monoisotopic (exact) mass is 392 g/mol. The molecule has 2 N–H and O–H groups in total. The molecule has 0 radical (unpaired) electrons.